The molecule has 118 valence electrons. The van der Waals surface area contributed by atoms with Crippen molar-refractivity contribution in [2.45, 2.75) is 18.9 Å². The maximum atomic E-state index is 11.3. The van der Waals surface area contributed by atoms with Crippen molar-refractivity contribution >= 4 is 21.9 Å². The molecule has 1 aromatic carbocycles. The minimum absolute atomic E-state index is 0.114. The van der Waals surface area contributed by atoms with Gasteiger partial charge in [-0.25, -0.2) is 0 Å². The van der Waals surface area contributed by atoms with Crippen LogP contribution in [0.2, 0.25) is 0 Å². The predicted octanol–water partition coefficient (Wildman–Crippen LogP) is 2.11. The molecule has 0 spiro atoms. The van der Waals surface area contributed by atoms with Crippen LogP contribution in [-0.2, 0) is 20.7 Å². The highest BCUT2D eigenvalue weighted by atomic mass is 79.9. The lowest BCUT2D eigenvalue weighted by Gasteiger charge is -2.17. The van der Waals surface area contributed by atoms with E-state index in [1.165, 1.54) is 0 Å². The first-order valence-electron chi connectivity index (χ1n) is 6.75. The van der Waals surface area contributed by atoms with Gasteiger partial charge in [0.2, 0.25) is 0 Å². The van der Waals surface area contributed by atoms with Crippen molar-refractivity contribution in [2.24, 2.45) is 5.92 Å². The molecule has 0 aliphatic carbocycles. The number of aliphatic hydroxyl groups is 1. The summed E-state index contributed by atoms with van der Waals surface area (Å²) in [6.07, 6.45) is -0.277. The number of ether oxygens (including phenoxy) is 2. The molecule has 0 radical (unpaired) electrons. The summed E-state index contributed by atoms with van der Waals surface area (Å²) in [6, 6.07) is 7.49. The molecule has 2 N–H and O–H groups in total. The summed E-state index contributed by atoms with van der Waals surface area (Å²) in [4.78, 5) is 11.3. The molecule has 1 rings (SSSR count). The Morgan fingerprint density at radius 1 is 1.33 bits per heavy atom. The number of methoxy groups -OCH3 is 1. The van der Waals surface area contributed by atoms with Crippen LogP contribution in [0.3, 0.4) is 0 Å². The first-order chi connectivity index (χ1) is 10.0. The zero-order valence-electron chi connectivity index (χ0n) is 12.0. The van der Waals surface area contributed by atoms with E-state index in [2.05, 4.69) is 15.9 Å². The molecule has 0 fully saturated rings. The average Bonchev–Trinajstić information content (AvgIpc) is 2.45. The van der Waals surface area contributed by atoms with E-state index in [-0.39, 0.29) is 13.0 Å². The highest BCUT2D eigenvalue weighted by Crippen LogP contribution is 2.22. The monoisotopic (exact) mass is 360 g/mol. The van der Waals surface area contributed by atoms with Gasteiger partial charge in [0.1, 0.15) is 0 Å². The second kappa shape index (κ2) is 9.89. The first-order valence-corrected chi connectivity index (χ1v) is 7.54. The van der Waals surface area contributed by atoms with Gasteiger partial charge in [0, 0.05) is 11.6 Å². The topological polar surface area (TPSA) is 76.0 Å². The van der Waals surface area contributed by atoms with E-state index in [0.717, 1.165) is 10.0 Å². The zero-order valence-corrected chi connectivity index (χ0v) is 13.6. The molecule has 21 heavy (non-hydrogen) atoms. The summed E-state index contributed by atoms with van der Waals surface area (Å²) in [5.74, 6) is -1.56. The number of rotatable bonds is 10. The highest BCUT2D eigenvalue weighted by Gasteiger charge is 2.22. The molecule has 0 amide bonds. The Morgan fingerprint density at radius 2 is 2.05 bits per heavy atom. The van der Waals surface area contributed by atoms with Gasteiger partial charge in [0.25, 0.3) is 0 Å². The fraction of sp³-hybridized carbons (Fsp3) is 0.533. The highest BCUT2D eigenvalue weighted by molar-refractivity contribution is 9.10. The number of carboxylic acids is 1. The zero-order chi connectivity index (χ0) is 15.7. The molecule has 0 saturated carbocycles. The van der Waals surface area contributed by atoms with Gasteiger partial charge in [-0.05, 0) is 24.5 Å². The smallest absolute Gasteiger partial charge is 0.306 e. The number of benzene rings is 1. The van der Waals surface area contributed by atoms with Crippen LogP contribution in [0, 0.1) is 5.92 Å². The van der Waals surface area contributed by atoms with E-state index in [4.69, 9.17) is 9.47 Å². The second-order valence-corrected chi connectivity index (χ2v) is 5.64. The fourth-order valence-corrected chi connectivity index (χ4v) is 2.41. The Balaban J connectivity index is 2.50. The van der Waals surface area contributed by atoms with Crippen molar-refractivity contribution < 1.29 is 24.5 Å². The summed E-state index contributed by atoms with van der Waals surface area (Å²) >= 11 is 3.41. The van der Waals surface area contributed by atoms with Gasteiger partial charge in [0.15, 0.2) is 0 Å². The quantitative estimate of drug-likeness (QED) is 0.625. The van der Waals surface area contributed by atoms with Crippen LogP contribution in [0.4, 0.5) is 0 Å². The van der Waals surface area contributed by atoms with E-state index >= 15 is 0 Å². The third-order valence-corrected chi connectivity index (χ3v) is 3.85. The largest absolute Gasteiger partial charge is 0.481 e. The van der Waals surface area contributed by atoms with Gasteiger partial charge in [-0.15, -0.1) is 0 Å². The van der Waals surface area contributed by atoms with Crippen LogP contribution >= 0.6 is 15.9 Å². The number of carboxylic acid groups (broad SMARTS) is 1. The lowest BCUT2D eigenvalue weighted by Crippen LogP contribution is -2.26. The van der Waals surface area contributed by atoms with Crippen LogP contribution in [0.15, 0.2) is 28.7 Å². The van der Waals surface area contributed by atoms with E-state index < -0.39 is 18.0 Å². The number of halogens is 1. The van der Waals surface area contributed by atoms with Crippen LogP contribution in [0.5, 0.6) is 0 Å². The van der Waals surface area contributed by atoms with E-state index in [1.807, 2.05) is 24.3 Å². The van der Waals surface area contributed by atoms with E-state index in [0.29, 0.717) is 19.6 Å². The van der Waals surface area contributed by atoms with Crippen LogP contribution in [0.25, 0.3) is 0 Å². The Hall–Kier alpha value is -0.950. The molecule has 0 bridgehead atoms. The van der Waals surface area contributed by atoms with Crippen molar-refractivity contribution in [3.05, 3.63) is 34.3 Å². The molecular weight excluding hydrogens is 340 g/mol. The van der Waals surface area contributed by atoms with Gasteiger partial charge >= 0.3 is 5.97 Å². The Bertz CT molecular complexity index is 438. The number of aliphatic carboxylic acids is 1. The summed E-state index contributed by atoms with van der Waals surface area (Å²) in [7, 11) is 1.57. The summed E-state index contributed by atoms with van der Waals surface area (Å²) < 4.78 is 10.9. The predicted molar refractivity (Wildman–Crippen MR) is 82.3 cm³/mol. The summed E-state index contributed by atoms with van der Waals surface area (Å²) in [5.41, 5.74) is 0.914. The normalized spacial score (nSPS) is 13.9. The lowest BCUT2D eigenvalue weighted by atomic mass is 9.94. The van der Waals surface area contributed by atoms with Gasteiger partial charge in [-0.3, -0.25) is 4.79 Å². The molecule has 5 nitrogen and oxygen atoms in total. The van der Waals surface area contributed by atoms with Gasteiger partial charge in [-0.2, -0.15) is 0 Å². The minimum Gasteiger partial charge on any atom is -0.481 e. The maximum Gasteiger partial charge on any atom is 0.306 e. The third-order valence-electron chi connectivity index (χ3n) is 3.07. The Morgan fingerprint density at radius 3 is 2.67 bits per heavy atom. The lowest BCUT2D eigenvalue weighted by molar-refractivity contribution is -0.143. The number of carbonyl (C=O) groups is 1. The molecule has 0 aromatic heterocycles. The molecule has 6 heteroatoms. The van der Waals surface area contributed by atoms with Crippen molar-refractivity contribution in [1.82, 2.24) is 0 Å². The van der Waals surface area contributed by atoms with Crippen molar-refractivity contribution in [1.29, 1.82) is 0 Å². The van der Waals surface area contributed by atoms with Crippen molar-refractivity contribution in [3.63, 3.8) is 0 Å². The summed E-state index contributed by atoms with van der Waals surface area (Å²) in [5, 5.41) is 19.2. The van der Waals surface area contributed by atoms with Gasteiger partial charge in [-0.1, -0.05) is 34.1 Å². The van der Waals surface area contributed by atoms with Gasteiger partial charge in [0.05, 0.1) is 31.8 Å². The molecule has 1 aromatic rings. The molecule has 0 aliphatic heterocycles. The Labute approximate surface area is 133 Å². The first kappa shape index (κ1) is 18.1. The molecule has 2 unspecified atom stereocenters. The SMILES string of the molecule is COCCOCC(O)CC(Cc1ccccc1Br)C(=O)O. The molecular formula is C15H21BrO5. The fourth-order valence-electron chi connectivity index (χ4n) is 1.96. The number of hydrogen-bond acceptors (Lipinski definition) is 4. The van der Waals surface area contributed by atoms with E-state index in [1.54, 1.807) is 7.11 Å². The average molecular weight is 361 g/mol. The maximum absolute atomic E-state index is 11.3. The van der Waals surface area contributed by atoms with Crippen molar-refractivity contribution in [2.75, 3.05) is 26.9 Å². The molecule has 2 atom stereocenters. The van der Waals surface area contributed by atoms with Crippen molar-refractivity contribution in [3.8, 4) is 0 Å². The van der Waals surface area contributed by atoms with Crippen LogP contribution in [0.1, 0.15) is 12.0 Å². The third kappa shape index (κ3) is 7.04. The standard InChI is InChI=1S/C15H21BrO5/c1-20-6-7-21-10-13(17)9-12(15(18)19)8-11-4-2-3-5-14(11)16/h2-5,12-13,17H,6-10H2,1H3,(H,18,19). The Kier molecular flexibility index (Phi) is 8.52. The minimum atomic E-state index is -0.915. The van der Waals surface area contributed by atoms with Gasteiger partial charge < -0.3 is 19.7 Å². The second-order valence-electron chi connectivity index (χ2n) is 4.79. The molecule has 0 heterocycles. The summed E-state index contributed by atoms with van der Waals surface area (Å²) in [6.45, 7) is 0.949. The van der Waals surface area contributed by atoms with Crippen LogP contribution < -0.4 is 0 Å². The number of hydrogen-bond donors (Lipinski definition) is 2. The molecule has 0 aliphatic rings. The van der Waals surface area contributed by atoms with E-state index in [9.17, 15) is 15.0 Å². The number of aliphatic hydroxyl groups excluding tert-OH is 1. The molecule has 0 saturated heterocycles. The van der Waals surface area contributed by atoms with Crippen LogP contribution in [-0.4, -0.2) is 49.2 Å².